The summed E-state index contributed by atoms with van der Waals surface area (Å²) in [5.74, 6) is 0.440. The van der Waals surface area contributed by atoms with Gasteiger partial charge in [0.1, 0.15) is 16.5 Å². The zero-order chi connectivity index (χ0) is 23.2. The van der Waals surface area contributed by atoms with Crippen molar-refractivity contribution in [3.63, 3.8) is 0 Å². The fourth-order valence-electron chi connectivity index (χ4n) is 3.08. The fraction of sp³-hybridized carbons (Fsp3) is 0.0800. The van der Waals surface area contributed by atoms with Crippen molar-refractivity contribution < 1.29 is 14.3 Å². The molecule has 0 aliphatic heterocycles. The number of hydrogen-bond acceptors (Lipinski definition) is 5. The minimum atomic E-state index is -0.369. The van der Waals surface area contributed by atoms with E-state index in [0.29, 0.717) is 22.8 Å². The van der Waals surface area contributed by atoms with E-state index in [2.05, 4.69) is 20.9 Å². The SMILES string of the molecule is COc1ccc(-c2nc(C(=O)Nc3cc(NC(=O)Nc4ccccc4)ccc3C)cs2)cc1. The number of aryl methyl sites for hydroxylation is 1. The van der Waals surface area contributed by atoms with Crippen molar-refractivity contribution in [2.24, 2.45) is 0 Å². The lowest BCUT2D eigenvalue weighted by Gasteiger charge is -2.12. The van der Waals surface area contributed by atoms with E-state index in [-0.39, 0.29) is 11.9 Å². The van der Waals surface area contributed by atoms with E-state index in [1.165, 1.54) is 11.3 Å². The van der Waals surface area contributed by atoms with Crippen molar-refractivity contribution in [3.8, 4) is 16.3 Å². The summed E-state index contributed by atoms with van der Waals surface area (Å²) in [4.78, 5) is 29.5. The monoisotopic (exact) mass is 458 g/mol. The standard InChI is InChI=1S/C25H22N4O3S/c1-16-8-11-19(27-25(31)26-18-6-4-3-5-7-18)14-21(16)28-23(30)22-15-33-24(29-22)17-9-12-20(32-2)13-10-17/h3-15H,1-2H3,(H,28,30)(H2,26,27,31). The first-order valence-electron chi connectivity index (χ1n) is 10.2. The molecule has 0 aliphatic carbocycles. The van der Waals surface area contributed by atoms with Gasteiger partial charge >= 0.3 is 6.03 Å². The van der Waals surface area contributed by atoms with Crippen LogP contribution in [0.25, 0.3) is 10.6 Å². The molecule has 0 saturated heterocycles. The van der Waals surface area contributed by atoms with Crippen LogP contribution < -0.4 is 20.7 Å². The number of carbonyl (C=O) groups excluding carboxylic acids is 2. The van der Waals surface area contributed by atoms with Crippen LogP contribution in [0.2, 0.25) is 0 Å². The molecule has 0 spiro atoms. The molecule has 0 radical (unpaired) electrons. The maximum Gasteiger partial charge on any atom is 0.323 e. The Bertz CT molecular complexity index is 1270. The van der Waals surface area contributed by atoms with Crippen LogP contribution in [0.4, 0.5) is 21.9 Å². The van der Waals surface area contributed by atoms with E-state index in [9.17, 15) is 9.59 Å². The summed E-state index contributed by atoms with van der Waals surface area (Å²) in [5, 5.41) is 10.9. The minimum Gasteiger partial charge on any atom is -0.497 e. The van der Waals surface area contributed by atoms with Gasteiger partial charge in [-0.25, -0.2) is 9.78 Å². The fourth-order valence-corrected chi connectivity index (χ4v) is 3.89. The molecule has 0 atom stereocenters. The molecule has 0 saturated carbocycles. The van der Waals surface area contributed by atoms with Gasteiger partial charge in [0.05, 0.1) is 7.11 Å². The van der Waals surface area contributed by atoms with E-state index >= 15 is 0 Å². The van der Waals surface area contributed by atoms with Crippen LogP contribution in [0.1, 0.15) is 16.1 Å². The van der Waals surface area contributed by atoms with Gasteiger partial charge in [-0.1, -0.05) is 24.3 Å². The van der Waals surface area contributed by atoms with Gasteiger partial charge in [-0.05, 0) is 61.0 Å². The van der Waals surface area contributed by atoms with Crippen LogP contribution >= 0.6 is 11.3 Å². The number of para-hydroxylation sites is 1. The molecule has 4 rings (SSSR count). The lowest BCUT2D eigenvalue weighted by molar-refractivity contribution is 0.102. The number of ether oxygens (including phenoxy) is 1. The Morgan fingerprint density at radius 3 is 2.33 bits per heavy atom. The Hall–Kier alpha value is -4.17. The predicted octanol–water partition coefficient (Wildman–Crippen LogP) is 6.02. The molecule has 7 nitrogen and oxygen atoms in total. The summed E-state index contributed by atoms with van der Waals surface area (Å²) >= 11 is 1.39. The van der Waals surface area contributed by atoms with Crippen molar-refractivity contribution in [1.29, 1.82) is 0 Å². The van der Waals surface area contributed by atoms with Crippen LogP contribution in [0.15, 0.2) is 78.2 Å². The number of methoxy groups -OCH3 is 1. The number of thiazole rings is 1. The molecule has 8 heteroatoms. The van der Waals surface area contributed by atoms with E-state index < -0.39 is 0 Å². The van der Waals surface area contributed by atoms with Crippen LogP contribution in [0.5, 0.6) is 5.75 Å². The first-order chi connectivity index (χ1) is 16.0. The molecule has 3 amide bonds. The molecular weight excluding hydrogens is 436 g/mol. The normalized spacial score (nSPS) is 10.4. The molecule has 1 aromatic heterocycles. The topological polar surface area (TPSA) is 92.3 Å². The van der Waals surface area contributed by atoms with Gasteiger partial charge in [-0.3, -0.25) is 4.79 Å². The molecule has 0 bridgehead atoms. The molecule has 0 fully saturated rings. The van der Waals surface area contributed by atoms with E-state index in [1.807, 2.05) is 55.5 Å². The largest absolute Gasteiger partial charge is 0.497 e. The average molecular weight is 459 g/mol. The molecule has 1 heterocycles. The van der Waals surface area contributed by atoms with Crippen LogP contribution in [-0.4, -0.2) is 24.0 Å². The van der Waals surface area contributed by atoms with Gasteiger partial charge in [0, 0.05) is 28.0 Å². The van der Waals surface area contributed by atoms with Gasteiger partial charge in [-0.2, -0.15) is 0 Å². The van der Waals surface area contributed by atoms with Crippen LogP contribution in [0.3, 0.4) is 0 Å². The number of nitrogens with zero attached hydrogens (tertiary/aromatic N) is 1. The maximum atomic E-state index is 12.8. The number of rotatable bonds is 6. The summed E-state index contributed by atoms with van der Waals surface area (Å²) < 4.78 is 5.18. The van der Waals surface area contributed by atoms with Gasteiger partial charge in [0.2, 0.25) is 0 Å². The summed E-state index contributed by atoms with van der Waals surface area (Å²) in [6.45, 7) is 1.88. The summed E-state index contributed by atoms with van der Waals surface area (Å²) in [5.41, 5.74) is 3.94. The molecule has 3 N–H and O–H groups in total. The third-order valence-electron chi connectivity index (χ3n) is 4.85. The number of carbonyl (C=O) groups is 2. The molecule has 166 valence electrons. The smallest absolute Gasteiger partial charge is 0.323 e. The second-order valence-electron chi connectivity index (χ2n) is 7.20. The third kappa shape index (κ3) is 5.55. The molecule has 4 aromatic rings. The number of amides is 3. The second kappa shape index (κ2) is 9.97. The van der Waals surface area contributed by atoms with E-state index in [1.54, 1.807) is 36.8 Å². The van der Waals surface area contributed by atoms with Crippen molar-refractivity contribution in [2.45, 2.75) is 6.92 Å². The zero-order valence-electron chi connectivity index (χ0n) is 18.1. The maximum absolute atomic E-state index is 12.8. The van der Waals surface area contributed by atoms with E-state index in [0.717, 1.165) is 21.9 Å². The molecule has 33 heavy (non-hydrogen) atoms. The van der Waals surface area contributed by atoms with Gasteiger partial charge in [0.15, 0.2) is 0 Å². The van der Waals surface area contributed by atoms with Crippen LogP contribution in [-0.2, 0) is 0 Å². The minimum absolute atomic E-state index is 0.319. The number of nitrogens with one attached hydrogen (secondary N) is 3. The average Bonchev–Trinajstić information content (AvgIpc) is 3.32. The van der Waals surface area contributed by atoms with E-state index in [4.69, 9.17) is 4.74 Å². The summed E-state index contributed by atoms with van der Waals surface area (Å²) in [6, 6.07) is 21.6. The third-order valence-corrected chi connectivity index (χ3v) is 5.74. The highest BCUT2D eigenvalue weighted by Crippen LogP contribution is 2.27. The van der Waals surface area contributed by atoms with Crippen LogP contribution in [0, 0.1) is 6.92 Å². The van der Waals surface area contributed by atoms with Gasteiger partial charge in [-0.15, -0.1) is 11.3 Å². The highest BCUT2D eigenvalue weighted by Gasteiger charge is 2.14. The Balaban J connectivity index is 1.43. The molecule has 0 aliphatic rings. The number of urea groups is 1. The second-order valence-corrected chi connectivity index (χ2v) is 8.05. The Kier molecular flexibility index (Phi) is 6.66. The summed E-state index contributed by atoms with van der Waals surface area (Å²) in [7, 11) is 1.61. The lowest BCUT2D eigenvalue weighted by Crippen LogP contribution is -2.19. The Morgan fingerprint density at radius 2 is 1.61 bits per heavy atom. The highest BCUT2D eigenvalue weighted by molar-refractivity contribution is 7.13. The molecular formula is C25H22N4O3S. The van der Waals surface area contributed by atoms with Crippen molar-refractivity contribution in [2.75, 3.05) is 23.1 Å². The highest BCUT2D eigenvalue weighted by atomic mass is 32.1. The quantitative estimate of drug-likeness (QED) is 0.329. The Labute approximate surface area is 195 Å². The van der Waals surface area contributed by atoms with Crippen molar-refractivity contribution >= 4 is 40.3 Å². The lowest BCUT2D eigenvalue weighted by atomic mass is 10.1. The predicted molar refractivity (Wildman–Crippen MR) is 132 cm³/mol. The Morgan fingerprint density at radius 1 is 0.879 bits per heavy atom. The number of benzene rings is 3. The van der Waals surface area contributed by atoms with Crippen molar-refractivity contribution in [3.05, 3.63) is 89.4 Å². The number of anilines is 3. The van der Waals surface area contributed by atoms with Gasteiger partial charge in [0.25, 0.3) is 5.91 Å². The number of aromatic nitrogens is 1. The number of hydrogen-bond donors (Lipinski definition) is 3. The van der Waals surface area contributed by atoms with Gasteiger partial charge < -0.3 is 20.7 Å². The summed E-state index contributed by atoms with van der Waals surface area (Å²) in [6.07, 6.45) is 0. The first-order valence-corrected chi connectivity index (χ1v) is 11.0. The first kappa shape index (κ1) is 22.0. The zero-order valence-corrected chi connectivity index (χ0v) is 18.9. The van der Waals surface area contributed by atoms with Crippen molar-refractivity contribution in [1.82, 2.24) is 4.98 Å². The molecule has 3 aromatic carbocycles. The molecule has 0 unspecified atom stereocenters.